The van der Waals surface area contributed by atoms with Crippen molar-refractivity contribution in [3.63, 3.8) is 0 Å². The Bertz CT molecular complexity index is 367. The highest BCUT2D eigenvalue weighted by Crippen LogP contribution is 2.25. The summed E-state index contributed by atoms with van der Waals surface area (Å²) in [6.07, 6.45) is 0.819. The largest absolute Gasteiger partial charge is 0.493 e. The second kappa shape index (κ2) is 5.12. The lowest BCUT2D eigenvalue weighted by Crippen LogP contribution is -2.15. The van der Waals surface area contributed by atoms with E-state index < -0.39 is 0 Å². The second-order valence-electron chi connectivity index (χ2n) is 3.85. The Hall–Kier alpha value is -1.35. The molecule has 3 nitrogen and oxygen atoms in total. The van der Waals surface area contributed by atoms with Crippen LogP contribution in [0.3, 0.4) is 0 Å². The molecule has 3 heteroatoms. The number of rotatable bonds is 4. The quantitative estimate of drug-likeness (QED) is 0.730. The lowest BCUT2D eigenvalue weighted by Gasteiger charge is -2.11. The van der Waals surface area contributed by atoms with Crippen molar-refractivity contribution in [1.29, 1.82) is 0 Å². The number of para-hydroxylation sites is 1. The predicted octanol–water partition coefficient (Wildman–Crippen LogP) is 2.30. The summed E-state index contributed by atoms with van der Waals surface area (Å²) in [4.78, 5) is 12.2. The Morgan fingerprint density at radius 2 is 2.31 bits per heavy atom. The van der Waals surface area contributed by atoms with Gasteiger partial charge in [-0.15, -0.1) is 0 Å². The Morgan fingerprint density at radius 1 is 1.50 bits per heavy atom. The van der Waals surface area contributed by atoms with Gasteiger partial charge in [-0.3, -0.25) is 4.79 Å². The molecule has 1 unspecified atom stereocenters. The molecule has 0 spiro atoms. The smallest absolute Gasteiger partial charge is 0.172 e. The fourth-order valence-corrected chi connectivity index (χ4v) is 1.91. The normalized spacial score (nSPS) is 19.7. The molecule has 1 fully saturated rings. The van der Waals surface area contributed by atoms with Crippen molar-refractivity contribution in [2.45, 2.75) is 13.3 Å². The molecule has 1 saturated heterocycles. The Kier molecular flexibility index (Phi) is 3.57. The first-order valence-corrected chi connectivity index (χ1v) is 5.66. The standard InChI is InChI=1S/C13H16O3/c1-2-16-12-6-4-3-5-11(12)13(14)10-7-8-15-9-10/h3-6,10H,2,7-9H2,1H3. The number of Topliss-reactive ketones (excluding diaryl/α,β-unsaturated/α-hetero) is 1. The zero-order valence-electron chi connectivity index (χ0n) is 9.44. The predicted molar refractivity (Wildman–Crippen MR) is 60.9 cm³/mol. The Balaban J connectivity index is 2.21. The monoisotopic (exact) mass is 220 g/mol. The van der Waals surface area contributed by atoms with E-state index in [0.29, 0.717) is 31.1 Å². The summed E-state index contributed by atoms with van der Waals surface area (Å²) in [5.41, 5.74) is 0.680. The highest BCUT2D eigenvalue weighted by Gasteiger charge is 2.26. The van der Waals surface area contributed by atoms with E-state index in [4.69, 9.17) is 9.47 Å². The molecular formula is C13H16O3. The molecule has 0 aliphatic carbocycles. The van der Waals surface area contributed by atoms with E-state index in [2.05, 4.69) is 0 Å². The average Bonchev–Trinajstić information content (AvgIpc) is 2.83. The first-order valence-electron chi connectivity index (χ1n) is 5.66. The minimum Gasteiger partial charge on any atom is -0.493 e. The number of carbonyl (C=O) groups excluding carboxylic acids is 1. The van der Waals surface area contributed by atoms with Gasteiger partial charge in [0, 0.05) is 12.5 Å². The van der Waals surface area contributed by atoms with Crippen LogP contribution in [0.2, 0.25) is 0 Å². The van der Waals surface area contributed by atoms with Gasteiger partial charge >= 0.3 is 0 Å². The van der Waals surface area contributed by atoms with Crippen LogP contribution >= 0.6 is 0 Å². The van der Waals surface area contributed by atoms with Crippen molar-refractivity contribution in [2.75, 3.05) is 19.8 Å². The van der Waals surface area contributed by atoms with Crippen LogP contribution in [0.4, 0.5) is 0 Å². The molecule has 1 aliphatic heterocycles. The second-order valence-corrected chi connectivity index (χ2v) is 3.85. The molecule has 0 N–H and O–H groups in total. The fraction of sp³-hybridized carbons (Fsp3) is 0.462. The number of ether oxygens (including phenoxy) is 2. The summed E-state index contributed by atoms with van der Waals surface area (Å²) < 4.78 is 10.7. The van der Waals surface area contributed by atoms with E-state index in [1.54, 1.807) is 0 Å². The summed E-state index contributed by atoms with van der Waals surface area (Å²) in [6, 6.07) is 7.41. The fourth-order valence-electron chi connectivity index (χ4n) is 1.91. The van der Waals surface area contributed by atoms with Gasteiger partial charge in [0.05, 0.1) is 18.8 Å². The molecule has 1 heterocycles. The zero-order valence-corrected chi connectivity index (χ0v) is 9.44. The lowest BCUT2D eigenvalue weighted by atomic mass is 9.96. The third kappa shape index (κ3) is 2.25. The topological polar surface area (TPSA) is 35.5 Å². The van der Waals surface area contributed by atoms with Gasteiger partial charge in [-0.25, -0.2) is 0 Å². The van der Waals surface area contributed by atoms with Gasteiger partial charge in [0.15, 0.2) is 5.78 Å². The molecule has 0 radical (unpaired) electrons. The van der Waals surface area contributed by atoms with Gasteiger partial charge in [0.2, 0.25) is 0 Å². The van der Waals surface area contributed by atoms with Crippen LogP contribution in [0, 0.1) is 5.92 Å². The molecule has 1 aromatic carbocycles. The van der Waals surface area contributed by atoms with E-state index in [9.17, 15) is 4.79 Å². The molecule has 0 bridgehead atoms. The zero-order chi connectivity index (χ0) is 11.4. The summed E-state index contributed by atoms with van der Waals surface area (Å²) in [7, 11) is 0. The van der Waals surface area contributed by atoms with E-state index in [1.165, 1.54) is 0 Å². The summed E-state index contributed by atoms with van der Waals surface area (Å²) in [5, 5.41) is 0. The van der Waals surface area contributed by atoms with Crippen molar-refractivity contribution in [1.82, 2.24) is 0 Å². The number of hydrogen-bond donors (Lipinski definition) is 0. The van der Waals surface area contributed by atoms with Gasteiger partial charge in [-0.05, 0) is 25.5 Å². The number of hydrogen-bond acceptors (Lipinski definition) is 3. The summed E-state index contributed by atoms with van der Waals surface area (Å²) in [6.45, 7) is 3.72. The summed E-state index contributed by atoms with van der Waals surface area (Å²) in [5.74, 6) is 0.824. The first-order chi connectivity index (χ1) is 7.83. The van der Waals surface area contributed by atoms with Gasteiger partial charge in [0.25, 0.3) is 0 Å². The van der Waals surface area contributed by atoms with Crippen molar-refractivity contribution in [2.24, 2.45) is 5.92 Å². The third-order valence-corrected chi connectivity index (χ3v) is 2.75. The van der Waals surface area contributed by atoms with Gasteiger partial charge < -0.3 is 9.47 Å². The number of benzene rings is 1. The Morgan fingerprint density at radius 3 is 3.00 bits per heavy atom. The van der Waals surface area contributed by atoms with Crippen LogP contribution in [0.5, 0.6) is 5.75 Å². The van der Waals surface area contributed by atoms with E-state index in [1.807, 2.05) is 31.2 Å². The van der Waals surface area contributed by atoms with E-state index >= 15 is 0 Å². The van der Waals surface area contributed by atoms with Gasteiger partial charge in [0.1, 0.15) is 5.75 Å². The average molecular weight is 220 g/mol. The van der Waals surface area contributed by atoms with E-state index in [-0.39, 0.29) is 11.7 Å². The lowest BCUT2D eigenvalue weighted by molar-refractivity contribution is 0.0896. The maximum Gasteiger partial charge on any atom is 0.172 e. The SMILES string of the molecule is CCOc1ccccc1C(=O)C1CCOC1. The van der Waals surface area contributed by atoms with Crippen molar-refractivity contribution >= 4 is 5.78 Å². The van der Waals surface area contributed by atoms with E-state index in [0.717, 1.165) is 6.42 Å². The molecule has 86 valence electrons. The molecule has 0 aromatic heterocycles. The molecule has 1 aliphatic rings. The molecule has 0 saturated carbocycles. The van der Waals surface area contributed by atoms with Crippen LogP contribution < -0.4 is 4.74 Å². The molecular weight excluding hydrogens is 204 g/mol. The first kappa shape index (κ1) is 11.1. The van der Waals surface area contributed by atoms with Crippen molar-refractivity contribution < 1.29 is 14.3 Å². The highest BCUT2D eigenvalue weighted by molar-refractivity contribution is 6.00. The van der Waals surface area contributed by atoms with Crippen LogP contribution in [-0.2, 0) is 4.74 Å². The van der Waals surface area contributed by atoms with Crippen LogP contribution in [0.25, 0.3) is 0 Å². The molecule has 1 aromatic rings. The van der Waals surface area contributed by atoms with Gasteiger partial charge in [-0.1, -0.05) is 12.1 Å². The maximum atomic E-state index is 12.2. The van der Waals surface area contributed by atoms with Crippen LogP contribution in [-0.4, -0.2) is 25.6 Å². The summed E-state index contributed by atoms with van der Waals surface area (Å²) >= 11 is 0. The number of carbonyl (C=O) groups is 1. The minimum absolute atomic E-state index is 0.00149. The molecule has 0 amide bonds. The van der Waals surface area contributed by atoms with Crippen LogP contribution in [0.15, 0.2) is 24.3 Å². The minimum atomic E-state index is 0.00149. The van der Waals surface area contributed by atoms with Crippen LogP contribution in [0.1, 0.15) is 23.7 Å². The molecule has 1 atom stereocenters. The highest BCUT2D eigenvalue weighted by atomic mass is 16.5. The van der Waals surface area contributed by atoms with Crippen molar-refractivity contribution in [3.8, 4) is 5.75 Å². The number of ketones is 1. The Labute approximate surface area is 95.4 Å². The molecule has 2 rings (SSSR count). The van der Waals surface area contributed by atoms with Gasteiger partial charge in [-0.2, -0.15) is 0 Å². The third-order valence-electron chi connectivity index (χ3n) is 2.75. The van der Waals surface area contributed by atoms with Crippen molar-refractivity contribution in [3.05, 3.63) is 29.8 Å². The molecule has 16 heavy (non-hydrogen) atoms. The maximum absolute atomic E-state index is 12.2.